The van der Waals surface area contributed by atoms with Crippen LogP contribution in [0.4, 0.5) is 10.2 Å². The summed E-state index contributed by atoms with van der Waals surface area (Å²) in [5, 5.41) is 11.3. The number of carbonyl (C=O) groups excluding carboxylic acids is 1. The Morgan fingerprint density at radius 2 is 2.04 bits per heavy atom. The molecule has 1 atom stereocenters. The van der Waals surface area contributed by atoms with Crippen molar-refractivity contribution in [3.8, 4) is 5.69 Å². The van der Waals surface area contributed by atoms with Crippen molar-refractivity contribution in [3.63, 3.8) is 0 Å². The first-order chi connectivity index (χ1) is 13.5. The molecule has 3 aromatic rings. The second kappa shape index (κ2) is 7.44. The molecule has 6 nitrogen and oxygen atoms in total. The molecule has 1 N–H and O–H groups in total. The third-order valence-electron chi connectivity index (χ3n) is 4.30. The van der Waals surface area contributed by atoms with E-state index in [1.807, 2.05) is 37.3 Å². The van der Waals surface area contributed by atoms with E-state index in [0.29, 0.717) is 11.5 Å². The van der Waals surface area contributed by atoms with E-state index in [1.54, 1.807) is 16.8 Å². The first-order valence-electron chi connectivity index (χ1n) is 8.63. The van der Waals surface area contributed by atoms with Crippen LogP contribution >= 0.6 is 11.6 Å². The smallest absolute Gasteiger partial charge is 0.269 e. The molecule has 142 valence electrons. The van der Waals surface area contributed by atoms with Gasteiger partial charge >= 0.3 is 0 Å². The maximum Gasteiger partial charge on any atom is 0.269 e. The molecule has 0 spiro atoms. The monoisotopic (exact) mass is 398 g/mol. The Bertz CT molecular complexity index is 1050. The highest BCUT2D eigenvalue weighted by atomic mass is 35.5. The number of amides is 1. The summed E-state index contributed by atoms with van der Waals surface area (Å²) < 4.78 is 15.7. The topological polar surface area (TPSA) is 68.5 Å². The van der Waals surface area contributed by atoms with Gasteiger partial charge in [-0.3, -0.25) is 4.79 Å². The van der Waals surface area contributed by atoms with E-state index in [0.717, 1.165) is 11.4 Å². The van der Waals surface area contributed by atoms with Gasteiger partial charge < -0.3 is 10.2 Å². The minimum absolute atomic E-state index is 0.116. The quantitative estimate of drug-likeness (QED) is 0.719. The van der Waals surface area contributed by atoms with Crippen molar-refractivity contribution in [2.75, 3.05) is 5.32 Å². The van der Waals surface area contributed by atoms with E-state index < -0.39 is 17.8 Å². The molecule has 0 fully saturated rings. The Balaban J connectivity index is 1.51. The fourth-order valence-corrected chi connectivity index (χ4v) is 3.27. The molecular formula is C20H16ClFN4O2. The van der Waals surface area contributed by atoms with E-state index in [2.05, 4.69) is 15.6 Å². The summed E-state index contributed by atoms with van der Waals surface area (Å²) in [4.78, 5) is 17.9. The van der Waals surface area contributed by atoms with Gasteiger partial charge in [-0.15, -0.1) is 0 Å². The third-order valence-corrected chi connectivity index (χ3v) is 4.61. The number of carbonyl (C=O) groups is 1. The van der Waals surface area contributed by atoms with Crippen molar-refractivity contribution in [1.82, 2.24) is 9.78 Å². The van der Waals surface area contributed by atoms with Crippen LogP contribution in [0.15, 0.2) is 59.8 Å². The van der Waals surface area contributed by atoms with Crippen molar-refractivity contribution >= 4 is 29.0 Å². The molecule has 28 heavy (non-hydrogen) atoms. The molecule has 0 saturated carbocycles. The van der Waals surface area contributed by atoms with Gasteiger partial charge in [-0.25, -0.2) is 9.07 Å². The molecule has 2 heterocycles. The van der Waals surface area contributed by atoms with E-state index in [1.165, 1.54) is 12.1 Å². The zero-order chi connectivity index (χ0) is 19.7. The Labute approximate surface area is 165 Å². The largest absolute Gasteiger partial charge is 0.382 e. The second-order valence-electron chi connectivity index (χ2n) is 6.34. The van der Waals surface area contributed by atoms with E-state index in [9.17, 15) is 9.18 Å². The molecule has 0 radical (unpaired) electrons. The number of aryl methyl sites for hydroxylation is 1. The zero-order valence-electron chi connectivity index (χ0n) is 14.9. The second-order valence-corrected chi connectivity index (χ2v) is 6.75. The maximum absolute atomic E-state index is 14.1. The van der Waals surface area contributed by atoms with Crippen LogP contribution in [0.25, 0.3) is 5.69 Å². The highest BCUT2D eigenvalue weighted by Crippen LogP contribution is 2.26. The number of benzene rings is 2. The average molecular weight is 399 g/mol. The lowest BCUT2D eigenvalue weighted by molar-refractivity contribution is -0.125. The van der Waals surface area contributed by atoms with Gasteiger partial charge in [0, 0.05) is 12.5 Å². The fraction of sp³-hybridized carbons (Fsp3) is 0.150. The standard InChI is InChI=1S/C20H16ClFN4O2/c1-12-10-18(26(24-12)13-6-3-2-4-7-13)23-20(27)17-11-16(25-28-17)19-14(21)8-5-9-15(19)22/h2-10,17H,11H2,1H3,(H,23,27)/t17-/m1/s1. The maximum atomic E-state index is 14.1. The van der Waals surface area contributed by atoms with Crippen molar-refractivity contribution in [3.05, 3.63) is 76.7 Å². The lowest BCUT2D eigenvalue weighted by Gasteiger charge is -2.11. The van der Waals surface area contributed by atoms with Crippen molar-refractivity contribution in [2.45, 2.75) is 19.4 Å². The number of hydrogen-bond acceptors (Lipinski definition) is 4. The van der Waals surface area contributed by atoms with Crippen LogP contribution in [0.5, 0.6) is 0 Å². The van der Waals surface area contributed by atoms with E-state index in [4.69, 9.17) is 16.4 Å². The molecule has 0 saturated heterocycles. The Morgan fingerprint density at radius 1 is 1.25 bits per heavy atom. The lowest BCUT2D eigenvalue weighted by Crippen LogP contribution is -2.29. The third kappa shape index (κ3) is 3.48. The minimum atomic E-state index is -0.884. The number of nitrogens with zero attached hydrogens (tertiary/aromatic N) is 3. The first-order valence-corrected chi connectivity index (χ1v) is 9.01. The Hall–Kier alpha value is -3.19. The number of anilines is 1. The molecule has 0 bridgehead atoms. The van der Waals surface area contributed by atoms with Crippen LogP contribution < -0.4 is 5.32 Å². The summed E-state index contributed by atoms with van der Waals surface area (Å²) in [6.07, 6.45) is -0.768. The number of nitrogens with one attached hydrogen (secondary N) is 1. The predicted molar refractivity (Wildman–Crippen MR) is 104 cm³/mol. The molecular weight excluding hydrogens is 383 g/mol. The first kappa shape index (κ1) is 18.2. The van der Waals surface area contributed by atoms with Gasteiger partial charge in [0.25, 0.3) is 5.91 Å². The number of rotatable bonds is 4. The van der Waals surface area contributed by atoms with Crippen LogP contribution in [0, 0.1) is 12.7 Å². The number of oxime groups is 1. The molecule has 8 heteroatoms. The summed E-state index contributed by atoms with van der Waals surface area (Å²) in [7, 11) is 0. The average Bonchev–Trinajstić information content (AvgIpc) is 3.29. The molecule has 0 aliphatic carbocycles. The lowest BCUT2D eigenvalue weighted by atomic mass is 10.0. The summed E-state index contributed by atoms with van der Waals surface area (Å²) in [5.74, 6) is -0.397. The van der Waals surface area contributed by atoms with Gasteiger partial charge in [0.05, 0.1) is 27.7 Å². The molecule has 0 unspecified atom stereocenters. The van der Waals surface area contributed by atoms with Gasteiger partial charge in [-0.2, -0.15) is 5.10 Å². The molecule has 1 aliphatic rings. The number of hydrogen-bond donors (Lipinski definition) is 1. The van der Waals surface area contributed by atoms with Gasteiger partial charge in [-0.05, 0) is 31.2 Å². The summed E-state index contributed by atoms with van der Waals surface area (Å²) >= 11 is 6.07. The highest BCUT2D eigenvalue weighted by Gasteiger charge is 2.31. The number of halogens is 2. The van der Waals surface area contributed by atoms with Crippen LogP contribution in [0.1, 0.15) is 17.7 Å². The van der Waals surface area contributed by atoms with Crippen LogP contribution in [0.2, 0.25) is 5.02 Å². The van der Waals surface area contributed by atoms with Gasteiger partial charge in [-0.1, -0.05) is 41.0 Å². The summed E-state index contributed by atoms with van der Waals surface area (Å²) in [6.45, 7) is 1.84. The Morgan fingerprint density at radius 3 is 2.79 bits per heavy atom. The highest BCUT2D eigenvalue weighted by molar-refractivity contribution is 6.34. The van der Waals surface area contributed by atoms with Crippen LogP contribution in [-0.4, -0.2) is 27.5 Å². The predicted octanol–water partition coefficient (Wildman–Crippen LogP) is 4.10. The molecule has 1 amide bonds. The van der Waals surface area contributed by atoms with Gasteiger partial charge in [0.2, 0.25) is 6.10 Å². The van der Waals surface area contributed by atoms with E-state index >= 15 is 0 Å². The van der Waals surface area contributed by atoms with Crippen LogP contribution in [0.3, 0.4) is 0 Å². The minimum Gasteiger partial charge on any atom is -0.382 e. The van der Waals surface area contributed by atoms with Crippen molar-refractivity contribution in [2.24, 2.45) is 5.16 Å². The normalized spacial score (nSPS) is 15.8. The van der Waals surface area contributed by atoms with E-state index in [-0.39, 0.29) is 17.0 Å². The number of para-hydroxylation sites is 1. The zero-order valence-corrected chi connectivity index (χ0v) is 15.7. The summed E-state index contributed by atoms with van der Waals surface area (Å²) in [6, 6.07) is 15.6. The van der Waals surface area contributed by atoms with Gasteiger partial charge in [0.15, 0.2) is 0 Å². The van der Waals surface area contributed by atoms with Crippen LogP contribution in [-0.2, 0) is 9.63 Å². The summed E-state index contributed by atoms with van der Waals surface area (Å²) in [5.41, 5.74) is 2.02. The number of aromatic nitrogens is 2. The SMILES string of the molecule is Cc1cc(NC(=O)[C@H]2CC(c3c(F)cccc3Cl)=NO2)n(-c2ccccc2)n1. The Kier molecular flexibility index (Phi) is 4.83. The fourth-order valence-electron chi connectivity index (χ4n) is 3.00. The molecule has 1 aliphatic heterocycles. The molecule has 4 rings (SSSR count). The van der Waals surface area contributed by atoms with Crippen molar-refractivity contribution < 1.29 is 14.0 Å². The van der Waals surface area contributed by atoms with Gasteiger partial charge in [0.1, 0.15) is 11.6 Å². The molecule has 1 aromatic heterocycles. The molecule has 2 aromatic carbocycles. The van der Waals surface area contributed by atoms with Crippen molar-refractivity contribution in [1.29, 1.82) is 0 Å².